The van der Waals surface area contributed by atoms with Crippen LogP contribution in [-0.4, -0.2) is 16.1 Å². The third-order valence-corrected chi connectivity index (χ3v) is 3.40. The number of halogens is 2. The molecule has 0 aliphatic heterocycles. The zero-order valence-corrected chi connectivity index (χ0v) is 12.2. The standard InChI is InChI=1S/C12H8Br2N2O2/c13-7-1-2-11(9(14)5-7)16-10-3-4-15-6-8(10)12(17)18/h1-6H,(H,15,16)(H,17,18). The van der Waals surface area contributed by atoms with Gasteiger partial charge in [0.05, 0.1) is 11.4 Å². The number of carbonyl (C=O) groups is 1. The zero-order valence-electron chi connectivity index (χ0n) is 9.02. The summed E-state index contributed by atoms with van der Waals surface area (Å²) >= 11 is 6.77. The van der Waals surface area contributed by atoms with Crippen LogP contribution in [0.15, 0.2) is 45.6 Å². The van der Waals surface area contributed by atoms with Crippen LogP contribution in [-0.2, 0) is 0 Å². The summed E-state index contributed by atoms with van der Waals surface area (Å²) in [5.74, 6) is -1.01. The van der Waals surface area contributed by atoms with Crippen LogP contribution in [0.25, 0.3) is 0 Å². The number of benzene rings is 1. The first kappa shape index (κ1) is 13.0. The van der Waals surface area contributed by atoms with E-state index in [4.69, 9.17) is 5.11 Å². The largest absolute Gasteiger partial charge is 0.478 e. The molecular weight excluding hydrogens is 364 g/mol. The number of carboxylic acid groups (broad SMARTS) is 1. The molecule has 1 aromatic carbocycles. The molecule has 0 spiro atoms. The van der Waals surface area contributed by atoms with Crippen molar-refractivity contribution >= 4 is 49.2 Å². The van der Waals surface area contributed by atoms with Crippen LogP contribution in [0.4, 0.5) is 11.4 Å². The van der Waals surface area contributed by atoms with Gasteiger partial charge in [0.1, 0.15) is 5.56 Å². The molecule has 6 heteroatoms. The van der Waals surface area contributed by atoms with Crippen molar-refractivity contribution < 1.29 is 9.90 Å². The monoisotopic (exact) mass is 370 g/mol. The molecule has 0 saturated heterocycles. The SMILES string of the molecule is O=C(O)c1cnccc1Nc1ccc(Br)cc1Br. The quantitative estimate of drug-likeness (QED) is 0.854. The van der Waals surface area contributed by atoms with Gasteiger partial charge in [0.2, 0.25) is 0 Å². The average Bonchev–Trinajstić information content (AvgIpc) is 2.33. The molecule has 0 radical (unpaired) electrons. The van der Waals surface area contributed by atoms with Gasteiger partial charge in [-0.25, -0.2) is 4.79 Å². The average molecular weight is 372 g/mol. The molecule has 0 atom stereocenters. The van der Waals surface area contributed by atoms with Crippen molar-refractivity contribution in [2.45, 2.75) is 0 Å². The minimum Gasteiger partial charge on any atom is -0.478 e. The molecule has 1 aromatic heterocycles. The fourth-order valence-electron chi connectivity index (χ4n) is 1.41. The van der Waals surface area contributed by atoms with Gasteiger partial charge >= 0.3 is 5.97 Å². The minimum atomic E-state index is -1.01. The lowest BCUT2D eigenvalue weighted by atomic mass is 10.2. The Balaban J connectivity index is 2.37. The second-order valence-electron chi connectivity index (χ2n) is 3.48. The second kappa shape index (κ2) is 5.49. The second-order valence-corrected chi connectivity index (χ2v) is 5.25. The molecule has 18 heavy (non-hydrogen) atoms. The highest BCUT2D eigenvalue weighted by Gasteiger charge is 2.10. The number of aromatic carboxylic acids is 1. The molecule has 0 aliphatic carbocycles. The van der Waals surface area contributed by atoms with Crippen LogP contribution in [0, 0.1) is 0 Å². The van der Waals surface area contributed by atoms with Crippen LogP contribution in [0.3, 0.4) is 0 Å². The lowest BCUT2D eigenvalue weighted by Crippen LogP contribution is -2.03. The molecule has 0 aliphatic rings. The van der Waals surface area contributed by atoms with E-state index in [1.165, 1.54) is 6.20 Å². The van der Waals surface area contributed by atoms with E-state index in [1.807, 2.05) is 18.2 Å². The highest BCUT2D eigenvalue weighted by atomic mass is 79.9. The third kappa shape index (κ3) is 2.88. The predicted molar refractivity (Wildman–Crippen MR) is 76.3 cm³/mol. The maximum Gasteiger partial charge on any atom is 0.339 e. The molecule has 92 valence electrons. The highest BCUT2D eigenvalue weighted by molar-refractivity contribution is 9.11. The first-order chi connectivity index (χ1) is 8.58. The van der Waals surface area contributed by atoms with Gasteiger partial charge in [-0.05, 0) is 40.2 Å². The van der Waals surface area contributed by atoms with Crippen LogP contribution >= 0.6 is 31.9 Å². The molecule has 1 heterocycles. The predicted octanol–water partition coefficient (Wildman–Crippen LogP) is 4.05. The Morgan fingerprint density at radius 1 is 1.22 bits per heavy atom. The van der Waals surface area contributed by atoms with E-state index in [1.54, 1.807) is 12.3 Å². The normalized spacial score (nSPS) is 10.1. The van der Waals surface area contributed by atoms with Crippen molar-refractivity contribution in [1.82, 2.24) is 4.98 Å². The Hall–Kier alpha value is -1.40. The topological polar surface area (TPSA) is 62.2 Å². The first-order valence-corrected chi connectivity index (χ1v) is 6.56. The molecule has 4 nitrogen and oxygen atoms in total. The van der Waals surface area contributed by atoms with E-state index in [0.29, 0.717) is 5.69 Å². The number of hydrogen-bond acceptors (Lipinski definition) is 3. The van der Waals surface area contributed by atoms with Crippen molar-refractivity contribution in [3.8, 4) is 0 Å². The van der Waals surface area contributed by atoms with E-state index < -0.39 is 5.97 Å². The van der Waals surface area contributed by atoms with Crippen LogP contribution < -0.4 is 5.32 Å². The Kier molecular flexibility index (Phi) is 3.98. The van der Waals surface area contributed by atoms with E-state index in [0.717, 1.165) is 14.6 Å². The van der Waals surface area contributed by atoms with E-state index >= 15 is 0 Å². The van der Waals surface area contributed by atoms with Gasteiger partial charge in [-0.15, -0.1) is 0 Å². The van der Waals surface area contributed by atoms with Gasteiger partial charge in [0.25, 0.3) is 0 Å². The van der Waals surface area contributed by atoms with Gasteiger partial charge in [0, 0.05) is 21.3 Å². The molecule has 0 fully saturated rings. The van der Waals surface area contributed by atoms with Crippen molar-refractivity contribution in [3.05, 3.63) is 51.2 Å². The van der Waals surface area contributed by atoms with E-state index in [2.05, 4.69) is 42.2 Å². The Labute approximate surface area is 120 Å². The Bertz CT molecular complexity index is 602. The lowest BCUT2D eigenvalue weighted by molar-refractivity contribution is 0.0697. The summed E-state index contributed by atoms with van der Waals surface area (Å²) in [5.41, 5.74) is 1.42. The summed E-state index contributed by atoms with van der Waals surface area (Å²) in [6.07, 6.45) is 2.86. The number of carboxylic acids is 1. The number of aromatic nitrogens is 1. The van der Waals surface area contributed by atoms with E-state index in [9.17, 15) is 4.79 Å². The number of anilines is 2. The van der Waals surface area contributed by atoms with Gasteiger partial charge in [-0.1, -0.05) is 15.9 Å². The van der Waals surface area contributed by atoms with Crippen molar-refractivity contribution in [3.63, 3.8) is 0 Å². The lowest BCUT2D eigenvalue weighted by Gasteiger charge is -2.10. The maximum absolute atomic E-state index is 11.1. The molecule has 0 amide bonds. The fraction of sp³-hybridized carbons (Fsp3) is 0. The number of pyridine rings is 1. The molecular formula is C12H8Br2N2O2. The van der Waals surface area contributed by atoms with E-state index in [-0.39, 0.29) is 5.56 Å². The molecule has 0 bridgehead atoms. The first-order valence-electron chi connectivity index (χ1n) is 4.97. The smallest absolute Gasteiger partial charge is 0.339 e. The number of nitrogens with zero attached hydrogens (tertiary/aromatic N) is 1. The summed E-state index contributed by atoms with van der Waals surface area (Å²) in [6.45, 7) is 0. The highest BCUT2D eigenvalue weighted by Crippen LogP contribution is 2.29. The summed E-state index contributed by atoms with van der Waals surface area (Å²) in [4.78, 5) is 14.9. The summed E-state index contributed by atoms with van der Waals surface area (Å²) in [6, 6.07) is 7.22. The van der Waals surface area contributed by atoms with Crippen molar-refractivity contribution in [1.29, 1.82) is 0 Å². The Morgan fingerprint density at radius 2 is 2.00 bits per heavy atom. The molecule has 0 saturated carbocycles. The zero-order chi connectivity index (χ0) is 13.1. The van der Waals surface area contributed by atoms with Crippen LogP contribution in [0.5, 0.6) is 0 Å². The maximum atomic E-state index is 11.1. The van der Waals surface area contributed by atoms with Gasteiger partial charge in [0.15, 0.2) is 0 Å². The third-order valence-electron chi connectivity index (χ3n) is 2.25. The van der Waals surface area contributed by atoms with Gasteiger partial charge < -0.3 is 10.4 Å². The number of nitrogens with one attached hydrogen (secondary N) is 1. The fourth-order valence-corrected chi connectivity index (χ4v) is 2.56. The molecule has 2 aromatic rings. The summed E-state index contributed by atoms with van der Waals surface area (Å²) in [7, 11) is 0. The van der Waals surface area contributed by atoms with Crippen molar-refractivity contribution in [2.24, 2.45) is 0 Å². The summed E-state index contributed by atoms with van der Waals surface area (Å²) < 4.78 is 1.78. The molecule has 2 N–H and O–H groups in total. The minimum absolute atomic E-state index is 0.132. The van der Waals surface area contributed by atoms with Crippen molar-refractivity contribution in [2.75, 3.05) is 5.32 Å². The summed E-state index contributed by atoms with van der Waals surface area (Å²) in [5, 5.41) is 12.1. The molecule has 2 rings (SSSR count). The Morgan fingerprint density at radius 3 is 2.67 bits per heavy atom. The van der Waals surface area contributed by atoms with Crippen LogP contribution in [0.1, 0.15) is 10.4 Å². The van der Waals surface area contributed by atoms with Gasteiger partial charge in [-0.2, -0.15) is 0 Å². The number of rotatable bonds is 3. The number of hydrogen-bond donors (Lipinski definition) is 2. The van der Waals surface area contributed by atoms with Crippen LogP contribution in [0.2, 0.25) is 0 Å². The van der Waals surface area contributed by atoms with Gasteiger partial charge in [-0.3, -0.25) is 4.98 Å². The molecule has 0 unspecified atom stereocenters.